The second kappa shape index (κ2) is 4.95. The van der Waals surface area contributed by atoms with Crippen LogP contribution in [0.25, 0.3) is 33.6 Å². The standard InChI is InChI=1S/C17H14FN5/c1-3-12-14(18)8-15-13(9-20-21-15)17(12)10-4-5-23-11(6-10)7-16(19-2)22-23/h3-9H,1H2,2H3,(H,19,22)(H,20,21). The maximum Gasteiger partial charge on any atom is 0.148 e. The van der Waals surface area contributed by atoms with Crippen LogP contribution in [0.1, 0.15) is 5.56 Å². The van der Waals surface area contributed by atoms with Gasteiger partial charge in [0.15, 0.2) is 0 Å². The van der Waals surface area contributed by atoms with E-state index in [1.165, 1.54) is 12.1 Å². The van der Waals surface area contributed by atoms with Gasteiger partial charge in [-0.25, -0.2) is 8.91 Å². The first-order valence-corrected chi connectivity index (χ1v) is 7.17. The number of aromatic nitrogens is 4. The van der Waals surface area contributed by atoms with Crippen molar-refractivity contribution >= 4 is 28.3 Å². The van der Waals surface area contributed by atoms with Gasteiger partial charge < -0.3 is 5.32 Å². The summed E-state index contributed by atoms with van der Waals surface area (Å²) >= 11 is 0. The number of nitrogens with zero attached hydrogens (tertiary/aromatic N) is 3. The van der Waals surface area contributed by atoms with Crippen molar-refractivity contribution in [1.29, 1.82) is 0 Å². The Morgan fingerprint density at radius 3 is 3.00 bits per heavy atom. The predicted molar refractivity (Wildman–Crippen MR) is 89.9 cm³/mol. The van der Waals surface area contributed by atoms with E-state index in [0.29, 0.717) is 11.1 Å². The van der Waals surface area contributed by atoms with Crippen molar-refractivity contribution in [2.45, 2.75) is 0 Å². The largest absolute Gasteiger partial charge is 0.372 e. The van der Waals surface area contributed by atoms with Crippen molar-refractivity contribution in [1.82, 2.24) is 19.8 Å². The number of hydrogen-bond donors (Lipinski definition) is 2. The van der Waals surface area contributed by atoms with Gasteiger partial charge in [-0.2, -0.15) is 10.2 Å². The Hall–Kier alpha value is -3.15. The van der Waals surface area contributed by atoms with Crippen LogP contribution in [0.2, 0.25) is 0 Å². The normalized spacial score (nSPS) is 11.2. The summed E-state index contributed by atoms with van der Waals surface area (Å²) in [5, 5.41) is 15.1. The minimum Gasteiger partial charge on any atom is -0.372 e. The fourth-order valence-corrected chi connectivity index (χ4v) is 2.86. The van der Waals surface area contributed by atoms with Crippen LogP contribution in [0.5, 0.6) is 0 Å². The molecular formula is C17H14FN5. The van der Waals surface area contributed by atoms with E-state index in [-0.39, 0.29) is 5.82 Å². The first kappa shape index (κ1) is 13.5. The van der Waals surface area contributed by atoms with Crippen LogP contribution < -0.4 is 5.32 Å². The summed E-state index contributed by atoms with van der Waals surface area (Å²) in [5.41, 5.74) is 3.71. The van der Waals surface area contributed by atoms with Crippen molar-refractivity contribution in [2.75, 3.05) is 12.4 Å². The summed E-state index contributed by atoms with van der Waals surface area (Å²) in [6.45, 7) is 3.75. The summed E-state index contributed by atoms with van der Waals surface area (Å²) in [7, 11) is 1.82. The quantitative estimate of drug-likeness (QED) is 0.607. The molecule has 3 aromatic heterocycles. The SMILES string of the molecule is C=Cc1c(F)cc2[nH]ncc2c1-c1ccn2nc(NC)cc2c1. The molecule has 4 rings (SSSR count). The number of hydrogen-bond acceptors (Lipinski definition) is 3. The molecule has 4 aromatic rings. The lowest BCUT2D eigenvalue weighted by Crippen LogP contribution is -1.93. The molecule has 0 spiro atoms. The van der Waals surface area contributed by atoms with E-state index in [2.05, 4.69) is 27.2 Å². The number of aromatic amines is 1. The fourth-order valence-electron chi connectivity index (χ4n) is 2.86. The highest BCUT2D eigenvalue weighted by Gasteiger charge is 2.15. The van der Waals surface area contributed by atoms with Crippen LogP contribution in [0.3, 0.4) is 0 Å². The maximum atomic E-state index is 14.4. The number of H-pyrrole nitrogens is 1. The Balaban J connectivity index is 2.04. The lowest BCUT2D eigenvalue weighted by Gasteiger charge is -2.10. The molecule has 5 nitrogen and oxygen atoms in total. The van der Waals surface area contributed by atoms with Crippen molar-refractivity contribution < 1.29 is 4.39 Å². The summed E-state index contributed by atoms with van der Waals surface area (Å²) in [6, 6.07) is 7.26. The molecule has 114 valence electrons. The van der Waals surface area contributed by atoms with Gasteiger partial charge in [0.2, 0.25) is 0 Å². The zero-order valence-electron chi connectivity index (χ0n) is 12.5. The van der Waals surface area contributed by atoms with Gasteiger partial charge in [-0.05, 0) is 17.7 Å². The van der Waals surface area contributed by atoms with Crippen LogP contribution in [0.15, 0.2) is 43.2 Å². The molecule has 0 aliphatic heterocycles. The highest BCUT2D eigenvalue weighted by atomic mass is 19.1. The molecule has 3 heterocycles. The van der Waals surface area contributed by atoms with E-state index in [0.717, 1.165) is 27.8 Å². The van der Waals surface area contributed by atoms with Crippen LogP contribution in [-0.2, 0) is 0 Å². The number of benzene rings is 1. The van der Waals surface area contributed by atoms with E-state index in [9.17, 15) is 4.39 Å². The number of pyridine rings is 1. The summed E-state index contributed by atoms with van der Waals surface area (Å²) in [6.07, 6.45) is 5.10. The predicted octanol–water partition coefficient (Wildman–Crippen LogP) is 3.70. The van der Waals surface area contributed by atoms with Crippen LogP contribution in [0, 0.1) is 5.82 Å². The number of rotatable bonds is 3. The first-order valence-electron chi connectivity index (χ1n) is 7.17. The van der Waals surface area contributed by atoms with E-state index in [1.54, 1.807) is 10.7 Å². The number of anilines is 1. The van der Waals surface area contributed by atoms with Gasteiger partial charge in [0, 0.05) is 41.9 Å². The lowest BCUT2D eigenvalue weighted by atomic mass is 9.96. The van der Waals surface area contributed by atoms with Gasteiger partial charge in [-0.1, -0.05) is 12.7 Å². The topological polar surface area (TPSA) is 58.0 Å². The Bertz CT molecular complexity index is 1040. The van der Waals surface area contributed by atoms with Crippen molar-refractivity contribution in [3.8, 4) is 11.1 Å². The molecule has 0 unspecified atom stereocenters. The summed E-state index contributed by atoms with van der Waals surface area (Å²) in [4.78, 5) is 0. The highest BCUT2D eigenvalue weighted by Crippen LogP contribution is 2.34. The van der Waals surface area contributed by atoms with Crippen molar-refractivity contribution in [2.24, 2.45) is 0 Å². The van der Waals surface area contributed by atoms with Gasteiger partial charge >= 0.3 is 0 Å². The number of nitrogens with one attached hydrogen (secondary N) is 2. The summed E-state index contributed by atoms with van der Waals surface area (Å²) < 4.78 is 16.1. The monoisotopic (exact) mass is 307 g/mol. The molecule has 0 fully saturated rings. The van der Waals surface area contributed by atoms with E-state index >= 15 is 0 Å². The van der Waals surface area contributed by atoms with E-state index in [4.69, 9.17) is 0 Å². The fraction of sp³-hybridized carbons (Fsp3) is 0.0588. The number of halogens is 1. The van der Waals surface area contributed by atoms with Gasteiger partial charge in [0.25, 0.3) is 0 Å². The molecule has 0 saturated heterocycles. The molecule has 0 amide bonds. The van der Waals surface area contributed by atoms with Gasteiger partial charge in [0.1, 0.15) is 11.6 Å². The number of fused-ring (bicyclic) bond motifs is 2. The highest BCUT2D eigenvalue weighted by molar-refractivity contribution is 5.99. The van der Waals surface area contributed by atoms with Gasteiger partial charge in [0.05, 0.1) is 17.2 Å². The van der Waals surface area contributed by atoms with Crippen LogP contribution in [0.4, 0.5) is 10.2 Å². The zero-order chi connectivity index (χ0) is 16.0. The van der Waals surface area contributed by atoms with Crippen LogP contribution in [-0.4, -0.2) is 26.9 Å². The second-order valence-electron chi connectivity index (χ2n) is 5.25. The molecule has 6 heteroatoms. The second-order valence-corrected chi connectivity index (χ2v) is 5.25. The molecule has 0 radical (unpaired) electrons. The zero-order valence-corrected chi connectivity index (χ0v) is 12.5. The molecule has 1 aromatic carbocycles. The summed E-state index contributed by atoms with van der Waals surface area (Å²) in [5.74, 6) is 0.454. The molecule has 0 saturated carbocycles. The average Bonchev–Trinajstić information content (AvgIpc) is 3.18. The molecule has 0 aliphatic carbocycles. The van der Waals surface area contributed by atoms with Crippen molar-refractivity contribution in [3.05, 3.63) is 54.6 Å². The Labute approximate surface area is 131 Å². The van der Waals surface area contributed by atoms with Gasteiger partial charge in [-0.3, -0.25) is 5.10 Å². The Morgan fingerprint density at radius 2 is 2.22 bits per heavy atom. The molecular weight excluding hydrogens is 293 g/mol. The lowest BCUT2D eigenvalue weighted by molar-refractivity contribution is 0.627. The van der Waals surface area contributed by atoms with Crippen molar-refractivity contribution in [3.63, 3.8) is 0 Å². The Morgan fingerprint density at radius 1 is 1.35 bits per heavy atom. The third-order valence-corrected chi connectivity index (χ3v) is 3.95. The average molecular weight is 307 g/mol. The first-order chi connectivity index (χ1) is 11.2. The smallest absolute Gasteiger partial charge is 0.148 e. The van der Waals surface area contributed by atoms with E-state index < -0.39 is 0 Å². The minimum absolute atomic E-state index is 0.323. The maximum absolute atomic E-state index is 14.4. The van der Waals surface area contributed by atoms with Crippen LogP contribution >= 0.6 is 0 Å². The third kappa shape index (κ3) is 1.99. The molecule has 23 heavy (non-hydrogen) atoms. The van der Waals surface area contributed by atoms with E-state index in [1.807, 2.05) is 31.4 Å². The molecule has 2 N–H and O–H groups in total. The molecule has 0 bridgehead atoms. The minimum atomic E-state index is -0.323. The molecule has 0 atom stereocenters. The third-order valence-electron chi connectivity index (χ3n) is 3.95. The molecule has 0 aliphatic rings. The van der Waals surface area contributed by atoms with Gasteiger partial charge in [-0.15, -0.1) is 0 Å². The Kier molecular flexibility index (Phi) is 2.90.